The van der Waals surface area contributed by atoms with Gasteiger partial charge in [-0.2, -0.15) is 5.10 Å². The highest BCUT2D eigenvalue weighted by atomic mass is 35.5. The van der Waals surface area contributed by atoms with Crippen molar-refractivity contribution >= 4 is 29.9 Å². The second kappa shape index (κ2) is 7.13. The summed E-state index contributed by atoms with van der Waals surface area (Å²) in [6, 6.07) is 7.32. The number of carbonyl (C=O) groups is 1. The summed E-state index contributed by atoms with van der Waals surface area (Å²) in [6.45, 7) is 5.95. The molecule has 0 fully saturated rings. The zero-order valence-corrected chi connectivity index (χ0v) is 14.3. The molecule has 2 aromatic rings. The monoisotopic (exact) mass is 342 g/mol. The van der Waals surface area contributed by atoms with Crippen molar-refractivity contribution in [2.75, 3.05) is 6.54 Å². The number of hydrogen-bond acceptors (Lipinski definition) is 3. The van der Waals surface area contributed by atoms with E-state index in [2.05, 4.69) is 10.4 Å². The summed E-state index contributed by atoms with van der Waals surface area (Å²) in [5, 5.41) is 7.69. The smallest absolute Gasteiger partial charge is 0.254 e. The van der Waals surface area contributed by atoms with Crippen LogP contribution < -0.4 is 11.1 Å². The lowest BCUT2D eigenvalue weighted by Crippen LogP contribution is -2.45. The van der Waals surface area contributed by atoms with Gasteiger partial charge in [-0.1, -0.05) is 17.7 Å². The molecule has 0 radical (unpaired) electrons. The van der Waals surface area contributed by atoms with Crippen molar-refractivity contribution < 1.29 is 4.79 Å². The van der Waals surface area contributed by atoms with Crippen LogP contribution in [0.1, 0.15) is 29.9 Å². The summed E-state index contributed by atoms with van der Waals surface area (Å²) in [5.41, 5.74) is 7.51. The summed E-state index contributed by atoms with van der Waals surface area (Å²) in [6.07, 6.45) is 1.55. The van der Waals surface area contributed by atoms with Gasteiger partial charge in [0.05, 0.1) is 23.1 Å². The molecule has 0 aliphatic carbocycles. The highest BCUT2D eigenvalue weighted by Gasteiger charge is 2.18. The van der Waals surface area contributed by atoms with E-state index in [1.807, 2.05) is 32.9 Å². The molecule has 7 heteroatoms. The van der Waals surface area contributed by atoms with Gasteiger partial charge < -0.3 is 11.1 Å². The maximum Gasteiger partial charge on any atom is 0.254 e. The molecule has 2 rings (SSSR count). The van der Waals surface area contributed by atoms with Gasteiger partial charge in [0.2, 0.25) is 0 Å². The average molecular weight is 343 g/mol. The highest BCUT2D eigenvalue weighted by Crippen LogP contribution is 2.17. The van der Waals surface area contributed by atoms with Gasteiger partial charge in [-0.3, -0.25) is 4.79 Å². The molecule has 1 heterocycles. The molecule has 22 heavy (non-hydrogen) atoms. The van der Waals surface area contributed by atoms with Gasteiger partial charge in [-0.05, 0) is 39.0 Å². The van der Waals surface area contributed by atoms with Crippen molar-refractivity contribution in [2.45, 2.75) is 26.3 Å². The van der Waals surface area contributed by atoms with E-state index in [0.29, 0.717) is 17.1 Å². The normalized spacial score (nSPS) is 11.0. The molecule has 0 saturated heterocycles. The first-order valence-electron chi connectivity index (χ1n) is 6.65. The Hall–Kier alpha value is -1.56. The topological polar surface area (TPSA) is 72.9 Å². The molecule has 0 atom stereocenters. The number of carbonyl (C=O) groups excluding carboxylic acids is 1. The van der Waals surface area contributed by atoms with Crippen molar-refractivity contribution in [1.29, 1.82) is 0 Å². The van der Waals surface area contributed by atoms with E-state index in [-0.39, 0.29) is 18.3 Å². The van der Waals surface area contributed by atoms with E-state index < -0.39 is 5.54 Å². The SMILES string of the molecule is Cc1c(C(=O)NCC(C)(C)N)cnn1-c1cccc(Cl)c1.Cl. The third-order valence-electron chi connectivity index (χ3n) is 3.01. The van der Waals surface area contributed by atoms with Crippen LogP contribution in [-0.2, 0) is 0 Å². The van der Waals surface area contributed by atoms with Crippen LogP contribution in [0.25, 0.3) is 5.69 Å². The van der Waals surface area contributed by atoms with E-state index in [4.69, 9.17) is 17.3 Å². The van der Waals surface area contributed by atoms with Crippen molar-refractivity contribution in [3.8, 4) is 5.69 Å². The molecule has 0 spiro atoms. The highest BCUT2D eigenvalue weighted by molar-refractivity contribution is 6.30. The lowest BCUT2D eigenvalue weighted by Gasteiger charge is -2.18. The Kier molecular flexibility index (Phi) is 6.00. The first-order chi connectivity index (χ1) is 9.78. The van der Waals surface area contributed by atoms with E-state index in [0.717, 1.165) is 11.4 Å². The van der Waals surface area contributed by atoms with Crippen LogP contribution >= 0.6 is 24.0 Å². The fourth-order valence-electron chi connectivity index (χ4n) is 1.90. The molecular weight excluding hydrogens is 323 g/mol. The van der Waals surface area contributed by atoms with Crippen molar-refractivity contribution in [2.24, 2.45) is 5.73 Å². The molecule has 1 amide bonds. The Balaban J connectivity index is 0.00000242. The quantitative estimate of drug-likeness (QED) is 0.897. The molecule has 3 N–H and O–H groups in total. The molecule has 0 aliphatic heterocycles. The number of hydrogen-bond donors (Lipinski definition) is 2. The molecule has 1 aromatic heterocycles. The Labute approximate surface area is 141 Å². The summed E-state index contributed by atoms with van der Waals surface area (Å²) < 4.78 is 1.69. The van der Waals surface area contributed by atoms with Gasteiger partial charge in [0, 0.05) is 17.1 Å². The molecule has 120 valence electrons. The molecule has 0 unspecified atom stereocenters. The van der Waals surface area contributed by atoms with Gasteiger partial charge in [-0.25, -0.2) is 4.68 Å². The zero-order valence-electron chi connectivity index (χ0n) is 12.8. The number of nitrogens with two attached hydrogens (primary N) is 1. The van der Waals surface area contributed by atoms with E-state index in [1.54, 1.807) is 23.0 Å². The van der Waals surface area contributed by atoms with Crippen LogP contribution in [0.4, 0.5) is 0 Å². The number of nitrogens with zero attached hydrogens (tertiary/aromatic N) is 2. The standard InChI is InChI=1S/C15H19ClN4O.ClH/c1-10-13(14(21)18-9-15(2,3)17)8-19-20(10)12-6-4-5-11(16)7-12;/h4-8H,9,17H2,1-3H3,(H,18,21);1H. The lowest BCUT2D eigenvalue weighted by molar-refractivity contribution is 0.0945. The third-order valence-corrected chi connectivity index (χ3v) is 3.25. The van der Waals surface area contributed by atoms with Crippen LogP contribution in [0.3, 0.4) is 0 Å². The third kappa shape index (κ3) is 4.47. The van der Waals surface area contributed by atoms with Gasteiger partial charge in [0.25, 0.3) is 5.91 Å². The average Bonchev–Trinajstić information content (AvgIpc) is 2.77. The van der Waals surface area contributed by atoms with Gasteiger partial charge >= 0.3 is 0 Å². The first kappa shape index (κ1) is 18.5. The minimum absolute atomic E-state index is 0. The number of aromatic nitrogens is 2. The predicted molar refractivity (Wildman–Crippen MR) is 91.2 cm³/mol. The van der Waals surface area contributed by atoms with Crippen molar-refractivity contribution in [1.82, 2.24) is 15.1 Å². The largest absolute Gasteiger partial charge is 0.350 e. The van der Waals surface area contributed by atoms with Gasteiger partial charge in [-0.15, -0.1) is 12.4 Å². The molecule has 0 saturated carbocycles. The minimum atomic E-state index is -0.452. The summed E-state index contributed by atoms with van der Waals surface area (Å²) in [5.74, 6) is -0.181. The van der Waals surface area contributed by atoms with Crippen molar-refractivity contribution in [3.63, 3.8) is 0 Å². The fraction of sp³-hybridized carbons (Fsp3) is 0.333. The summed E-state index contributed by atoms with van der Waals surface area (Å²) in [4.78, 5) is 12.2. The molecule has 5 nitrogen and oxygen atoms in total. The van der Waals surface area contributed by atoms with E-state index in [9.17, 15) is 4.79 Å². The molecule has 0 bridgehead atoms. The van der Waals surface area contributed by atoms with Crippen LogP contribution in [0.15, 0.2) is 30.5 Å². The molecular formula is C15H20Cl2N4O. The summed E-state index contributed by atoms with van der Waals surface area (Å²) >= 11 is 5.98. The number of halogens is 2. The number of benzene rings is 1. The van der Waals surface area contributed by atoms with E-state index >= 15 is 0 Å². The molecule has 1 aromatic carbocycles. The number of rotatable bonds is 4. The van der Waals surface area contributed by atoms with E-state index in [1.165, 1.54) is 0 Å². The van der Waals surface area contributed by atoms with Crippen LogP contribution in [0.5, 0.6) is 0 Å². The Morgan fingerprint density at radius 2 is 2.14 bits per heavy atom. The van der Waals surface area contributed by atoms with Crippen LogP contribution in [-0.4, -0.2) is 27.8 Å². The maximum absolute atomic E-state index is 12.2. The van der Waals surface area contributed by atoms with Crippen LogP contribution in [0, 0.1) is 6.92 Å². The Bertz CT molecular complexity index is 662. The van der Waals surface area contributed by atoms with Gasteiger partial charge in [0.1, 0.15) is 0 Å². The second-order valence-corrected chi connectivity index (χ2v) is 6.14. The second-order valence-electron chi connectivity index (χ2n) is 5.71. The first-order valence-corrected chi connectivity index (χ1v) is 7.03. The number of amides is 1. The Morgan fingerprint density at radius 1 is 1.45 bits per heavy atom. The fourth-order valence-corrected chi connectivity index (χ4v) is 2.09. The Morgan fingerprint density at radius 3 is 2.73 bits per heavy atom. The molecule has 0 aliphatic rings. The minimum Gasteiger partial charge on any atom is -0.350 e. The number of nitrogens with one attached hydrogen (secondary N) is 1. The maximum atomic E-state index is 12.2. The van der Waals surface area contributed by atoms with Crippen LogP contribution in [0.2, 0.25) is 5.02 Å². The van der Waals surface area contributed by atoms with Crippen molar-refractivity contribution in [3.05, 3.63) is 46.7 Å². The lowest BCUT2D eigenvalue weighted by atomic mass is 10.1. The summed E-state index contributed by atoms with van der Waals surface area (Å²) in [7, 11) is 0. The predicted octanol–water partition coefficient (Wildman–Crippen LogP) is 2.72. The van der Waals surface area contributed by atoms with Gasteiger partial charge in [0.15, 0.2) is 0 Å². The zero-order chi connectivity index (χ0) is 15.6.